The number of carbonyl (C=O) groups excluding carboxylic acids is 2. The van der Waals surface area contributed by atoms with Crippen LogP contribution in [0.15, 0.2) is 53.0 Å². The van der Waals surface area contributed by atoms with Gasteiger partial charge in [0.15, 0.2) is 0 Å². The van der Waals surface area contributed by atoms with E-state index in [0.717, 1.165) is 22.3 Å². The van der Waals surface area contributed by atoms with Crippen LogP contribution in [0, 0.1) is 5.82 Å². The average Bonchev–Trinajstić information content (AvgIpc) is 3.15. The zero-order chi connectivity index (χ0) is 23.0. The summed E-state index contributed by atoms with van der Waals surface area (Å²) < 4.78 is 25.6. The van der Waals surface area contributed by atoms with Crippen LogP contribution < -0.4 is 5.73 Å². The van der Waals surface area contributed by atoms with Crippen LogP contribution in [-0.4, -0.2) is 35.6 Å². The number of nitrogens with two attached hydrogens (primary N) is 1. The molecule has 0 spiro atoms. The van der Waals surface area contributed by atoms with Crippen molar-refractivity contribution < 1.29 is 23.1 Å². The van der Waals surface area contributed by atoms with Gasteiger partial charge >= 0.3 is 6.09 Å². The molecule has 2 aromatic carbocycles. The fraction of sp³-hybridized carbons (Fsp3) is 0.280. The number of carbonyl (C=O) groups is 2. The number of benzene rings is 2. The van der Waals surface area contributed by atoms with Gasteiger partial charge in [0.1, 0.15) is 22.8 Å². The third kappa shape index (κ3) is 4.51. The second kappa shape index (κ2) is 8.15. The minimum absolute atomic E-state index is 0.134. The first-order valence-electron chi connectivity index (χ1n) is 10.4. The van der Waals surface area contributed by atoms with E-state index in [1.54, 1.807) is 11.0 Å². The Kier molecular flexibility index (Phi) is 5.50. The first kappa shape index (κ1) is 21.6. The van der Waals surface area contributed by atoms with Crippen molar-refractivity contribution in [1.82, 2.24) is 4.90 Å². The first-order chi connectivity index (χ1) is 15.1. The number of ether oxygens (including phenoxy) is 1. The van der Waals surface area contributed by atoms with Gasteiger partial charge in [-0.15, -0.1) is 0 Å². The van der Waals surface area contributed by atoms with Gasteiger partial charge in [0.2, 0.25) is 0 Å². The van der Waals surface area contributed by atoms with Crippen LogP contribution in [0.3, 0.4) is 0 Å². The Labute approximate surface area is 185 Å². The van der Waals surface area contributed by atoms with Crippen LogP contribution in [0.5, 0.6) is 0 Å². The SMILES string of the molecule is CC(C)(C)OC(=O)N1CC=C(c2cc3cc(-c4ccc(C(N)=O)c(F)c4)ccc3o2)CC1. The lowest BCUT2D eigenvalue weighted by Crippen LogP contribution is -2.39. The molecule has 2 heterocycles. The molecule has 7 heteroatoms. The van der Waals surface area contributed by atoms with E-state index in [1.165, 1.54) is 12.1 Å². The molecule has 0 saturated heterocycles. The molecule has 6 nitrogen and oxygen atoms in total. The highest BCUT2D eigenvalue weighted by Gasteiger charge is 2.24. The number of primary amides is 1. The van der Waals surface area contributed by atoms with Crippen molar-refractivity contribution in [3.05, 3.63) is 65.7 Å². The van der Waals surface area contributed by atoms with Crippen LogP contribution in [-0.2, 0) is 4.74 Å². The minimum atomic E-state index is -0.796. The van der Waals surface area contributed by atoms with E-state index in [2.05, 4.69) is 0 Å². The van der Waals surface area contributed by atoms with Gasteiger partial charge in [-0.05, 0) is 74.2 Å². The molecule has 0 bridgehead atoms. The number of hydrogen-bond donors (Lipinski definition) is 1. The molecule has 1 aliphatic rings. The Morgan fingerprint density at radius 1 is 1.09 bits per heavy atom. The van der Waals surface area contributed by atoms with E-state index in [1.807, 2.05) is 51.1 Å². The van der Waals surface area contributed by atoms with Crippen molar-refractivity contribution in [2.45, 2.75) is 32.8 Å². The van der Waals surface area contributed by atoms with E-state index in [9.17, 15) is 14.0 Å². The summed E-state index contributed by atoms with van der Waals surface area (Å²) in [5.41, 5.74) is 7.70. The molecule has 0 unspecified atom stereocenters. The zero-order valence-corrected chi connectivity index (χ0v) is 18.3. The smallest absolute Gasteiger partial charge is 0.410 e. The Morgan fingerprint density at radius 2 is 1.81 bits per heavy atom. The standard InChI is InChI=1S/C25H25FN2O4/c1-25(2,3)32-24(30)28-10-8-15(9-11-28)22-14-18-12-16(5-7-21(18)31-22)17-4-6-19(23(27)29)20(26)13-17/h4-8,12-14H,9-11H2,1-3H3,(H2,27,29). The lowest BCUT2D eigenvalue weighted by molar-refractivity contribution is 0.0270. The lowest BCUT2D eigenvalue weighted by atomic mass is 10.0. The summed E-state index contributed by atoms with van der Waals surface area (Å²) in [4.78, 5) is 25.2. The molecule has 1 aromatic heterocycles. The number of nitrogens with zero attached hydrogens (tertiary/aromatic N) is 1. The summed E-state index contributed by atoms with van der Waals surface area (Å²) in [5.74, 6) is -0.698. The normalized spacial score (nSPS) is 14.4. The van der Waals surface area contributed by atoms with E-state index >= 15 is 0 Å². The molecule has 1 aliphatic heterocycles. The fourth-order valence-electron chi connectivity index (χ4n) is 3.66. The van der Waals surface area contributed by atoms with Crippen LogP contribution in [0.25, 0.3) is 27.7 Å². The third-order valence-electron chi connectivity index (χ3n) is 5.26. The monoisotopic (exact) mass is 436 g/mol. The van der Waals surface area contributed by atoms with E-state index in [4.69, 9.17) is 14.9 Å². The van der Waals surface area contributed by atoms with Crippen molar-refractivity contribution in [2.24, 2.45) is 5.73 Å². The highest BCUT2D eigenvalue weighted by Crippen LogP contribution is 2.32. The molecular weight excluding hydrogens is 411 g/mol. The highest BCUT2D eigenvalue weighted by molar-refractivity contribution is 5.94. The second-order valence-electron chi connectivity index (χ2n) is 8.83. The molecule has 32 heavy (non-hydrogen) atoms. The van der Waals surface area contributed by atoms with Crippen LogP contribution in [0.1, 0.15) is 43.3 Å². The lowest BCUT2D eigenvalue weighted by Gasteiger charge is -2.29. The first-order valence-corrected chi connectivity index (χ1v) is 10.4. The van der Waals surface area contributed by atoms with Crippen molar-refractivity contribution in [3.8, 4) is 11.1 Å². The molecule has 4 rings (SSSR count). The van der Waals surface area contributed by atoms with E-state index in [0.29, 0.717) is 30.7 Å². The Balaban J connectivity index is 1.55. The molecule has 2 amide bonds. The predicted molar refractivity (Wildman–Crippen MR) is 121 cm³/mol. The largest absolute Gasteiger partial charge is 0.456 e. The number of furan rings is 1. The average molecular weight is 436 g/mol. The molecule has 0 fully saturated rings. The summed E-state index contributed by atoms with van der Waals surface area (Å²) in [6.07, 6.45) is 2.31. The van der Waals surface area contributed by atoms with Gasteiger partial charge in [-0.2, -0.15) is 0 Å². The molecule has 0 atom stereocenters. The third-order valence-corrected chi connectivity index (χ3v) is 5.26. The van der Waals surface area contributed by atoms with Gasteiger partial charge in [0, 0.05) is 18.5 Å². The van der Waals surface area contributed by atoms with Crippen LogP contribution in [0.2, 0.25) is 0 Å². The molecular formula is C25H25FN2O4. The highest BCUT2D eigenvalue weighted by atomic mass is 19.1. The maximum Gasteiger partial charge on any atom is 0.410 e. The minimum Gasteiger partial charge on any atom is -0.456 e. The topological polar surface area (TPSA) is 85.8 Å². The summed E-state index contributed by atoms with van der Waals surface area (Å²) in [6.45, 7) is 6.55. The van der Waals surface area contributed by atoms with Crippen LogP contribution >= 0.6 is 0 Å². The number of amides is 2. The van der Waals surface area contributed by atoms with Gasteiger partial charge in [-0.25, -0.2) is 9.18 Å². The zero-order valence-electron chi connectivity index (χ0n) is 18.3. The molecule has 2 N–H and O–H groups in total. The summed E-state index contributed by atoms with van der Waals surface area (Å²) in [5, 5.41) is 0.882. The van der Waals surface area contributed by atoms with E-state index in [-0.39, 0.29) is 11.7 Å². The molecule has 166 valence electrons. The van der Waals surface area contributed by atoms with Gasteiger partial charge in [0.05, 0.1) is 5.56 Å². The van der Waals surface area contributed by atoms with Gasteiger partial charge in [0.25, 0.3) is 5.91 Å². The molecule has 0 radical (unpaired) electrons. The predicted octanol–water partition coefficient (Wildman–Crippen LogP) is 5.36. The maximum absolute atomic E-state index is 14.2. The van der Waals surface area contributed by atoms with Crippen molar-refractivity contribution in [3.63, 3.8) is 0 Å². The summed E-state index contributed by atoms with van der Waals surface area (Å²) in [6, 6.07) is 11.9. The maximum atomic E-state index is 14.2. The molecule has 0 aliphatic carbocycles. The number of halogens is 1. The van der Waals surface area contributed by atoms with Crippen molar-refractivity contribution in [2.75, 3.05) is 13.1 Å². The van der Waals surface area contributed by atoms with E-state index < -0.39 is 17.3 Å². The number of rotatable bonds is 3. The summed E-state index contributed by atoms with van der Waals surface area (Å²) >= 11 is 0. The molecule has 0 saturated carbocycles. The summed E-state index contributed by atoms with van der Waals surface area (Å²) in [7, 11) is 0. The van der Waals surface area contributed by atoms with Crippen LogP contribution in [0.4, 0.5) is 9.18 Å². The fourth-order valence-corrected chi connectivity index (χ4v) is 3.66. The van der Waals surface area contributed by atoms with Gasteiger partial charge in [-0.1, -0.05) is 18.2 Å². The van der Waals surface area contributed by atoms with Crippen molar-refractivity contribution >= 4 is 28.5 Å². The van der Waals surface area contributed by atoms with Gasteiger partial charge < -0.3 is 19.8 Å². The number of hydrogen-bond acceptors (Lipinski definition) is 4. The van der Waals surface area contributed by atoms with Gasteiger partial charge in [-0.3, -0.25) is 4.79 Å². The number of fused-ring (bicyclic) bond motifs is 1. The second-order valence-corrected chi connectivity index (χ2v) is 8.83. The quantitative estimate of drug-likeness (QED) is 0.599. The Hall–Kier alpha value is -3.61. The van der Waals surface area contributed by atoms with Crippen molar-refractivity contribution in [1.29, 1.82) is 0 Å². The Morgan fingerprint density at radius 3 is 2.44 bits per heavy atom. The molecule has 3 aromatic rings. The Bertz CT molecular complexity index is 1240.